The molecule has 0 aromatic rings. The molecule has 126 valence electrons. The van der Waals surface area contributed by atoms with Crippen molar-refractivity contribution in [2.24, 2.45) is 0 Å². The van der Waals surface area contributed by atoms with Crippen molar-refractivity contribution in [3.05, 3.63) is 0 Å². The number of rotatable bonds is 10. The van der Waals surface area contributed by atoms with E-state index in [9.17, 15) is 4.79 Å². The van der Waals surface area contributed by atoms with E-state index >= 15 is 0 Å². The fourth-order valence-electron chi connectivity index (χ4n) is 2.04. The lowest BCUT2D eigenvalue weighted by molar-refractivity contribution is 0.0507. The first-order valence-electron chi connectivity index (χ1n) is 8.08. The van der Waals surface area contributed by atoms with Gasteiger partial charge in [-0.05, 0) is 58.1 Å². The molecule has 2 N–H and O–H groups in total. The van der Waals surface area contributed by atoms with Gasteiger partial charge in [0.05, 0.1) is 0 Å². The van der Waals surface area contributed by atoms with Crippen LogP contribution in [0.2, 0.25) is 0 Å². The van der Waals surface area contributed by atoms with Gasteiger partial charge >= 0.3 is 6.09 Å². The molecular formula is C16H34N2O2S. The largest absolute Gasteiger partial charge is 0.444 e. The fraction of sp³-hybridized carbons (Fsp3) is 0.938. The van der Waals surface area contributed by atoms with Crippen LogP contribution in [0.25, 0.3) is 0 Å². The predicted molar refractivity (Wildman–Crippen MR) is 93.2 cm³/mol. The molecule has 1 amide bonds. The van der Waals surface area contributed by atoms with Crippen molar-refractivity contribution < 1.29 is 9.53 Å². The van der Waals surface area contributed by atoms with E-state index in [1.165, 1.54) is 11.5 Å². The van der Waals surface area contributed by atoms with Crippen LogP contribution in [0.4, 0.5) is 4.79 Å². The first-order chi connectivity index (χ1) is 9.78. The highest BCUT2D eigenvalue weighted by Gasteiger charge is 2.27. The van der Waals surface area contributed by atoms with Crippen LogP contribution in [-0.4, -0.2) is 41.8 Å². The van der Waals surface area contributed by atoms with Crippen LogP contribution in [0.1, 0.15) is 60.8 Å². The van der Waals surface area contributed by atoms with E-state index in [1.54, 1.807) is 0 Å². The Kier molecular flexibility index (Phi) is 10.1. The number of hydrogen-bond donors (Lipinski definition) is 2. The molecule has 0 bridgehead atoms. The van der Waals surface area contributed by atoms with E-state index in [4.69, 9.17) is 4.74 Å². The molecule has 0 aliphatic carbocycles. The van der Waals surface area contributed by atoms with Crippen molar-refractivity contribution in [3.8, 4) is 0 Å². The number of carbonyl (C=O) groups excluding carboxylic acids is 1. The second kappa shape index (κ2) is 10.3. The Hall–Kier alpha value is -0.420. The van der Waals surface area contributed by atoms with Crippen molar-refractivity contribution in [2.45, 2.75) is 71.9 Å². The number of nitrogens with one attached hydrogen (secondary N) is 2. The van der Waals surface area contributed by atoms with Gasteiger partial charge in [0.25, 0.3) is 0 Å². The molecule has 0 radical (unpaired) electrons. The molecule has 0 aromatic carbocycles. The highest BCUT2D eigenvalue weighted by Crippen LogP contribution is 2.15. The number of alkyl carbamates (subject to hydrolysis) is 1. The average molecular weight is 319 g/mol. The maximum absolute atomic E-state index is 11.8. The van der Waals surface area contributed by atoms with Gasteiger partial charge in [0.15, 0.2) is 0 Å². The molecule has 21 heavy (non-hydrogen) atoms. The molecule has 0 fully saturated rings. The highest BCUT2D eigenvalue weighted by molar-refractivity contribution is 7.99. The third kappa shape index (κ3) is 10.0. The van der Waals surface area contributed by atoms with Gasteiger partial charge in [-0.3, -0.25) is 0 Å². The summed E-state index contributed by atoms with van der Waals surface area (Å²) in [4.78, 5) is 11.8. The lowest BCUT2D eigenvalue weighted by atomic mass is 9.92. The summed E-state index contributed by atoms with van der Waals surface area (Å²) in [6.45, 7) is 13.7. The average Bonchev–Trinajstić information content (AvgIpc) is 2.40. The second-order valence-corrected chi connectivity index (χ2v) is 7.71. The SMILES string of the molecule is CCSCCCNC(CC)(CC)CNC(=O)OC(C)(C)C. The van der Waals surface area contributed by atoms with E-state index in [-0.39, 0.29) is 11.6 Å². The van der Waals surface area contributed by atoms with Gasteiger partial charge in [-0.25, -0.2) is 4.79 Å². The predicted octanol–water partition coefficient (Wildman–Crippen LogP) is 3.80. The van der Waals surface area contributed by atoms with Crippen LogP contribution < -0.4 is 10.6 Å². The zero-order valence-corrected chi connectivity index (χ0v) is 15.5. The van der Waals surface area contributed by atoms with Crippen LogP contribution in [0.15, 0.2) is 0 Å². The number of carbonyl (C=O) groups is 1. The summed E-state index contributed by atoms with van der Waals surface area (Å²) in [7, 11) is 0. The van der Waals surface area contributed by atoms with E-state index < -0.39 is 5.60 Å². The summed E-state index contributed by atoms with van der Waals surface area (Å²) in [6.07, 6.45) is 2.80. The standard InChI is InChI=1S/C16H34N2O2S/c1-7-16(8-2,18-11-10-12-21-9-3)13-17-14(19)20-15(4,5)6/h18H,7-13H2,1-6H3,(H,17,19). The number of amides is 1. The Labute approximate surface area is 135 Å². The maximum Gasteiger partial charge on any atom is 0.407 e. The monoisotopic (exact) mass is 318 g/mol. The van der Waals surface area contributed by atoms with Gasteiger partial charge in [0.2, 0.25) is 0 Å². The van der Waals surface area contributed by atoms with Gasteiger partial charge in [0, 0.05) is 12.1 Å². The number of ether oxygens (including phenoxy) is 1. The Morgan fingerprint density at radius 2 is 1.76 bits per heavy atom. The number of hydrogen-bond acceptors (Lipinski definition) is 4. The van der Waals surface area contributed by atoms with Crippen molar-refractivity contribution >= 4 is 17.9 Å². The van der Waals surface area contributed by atoms with E-state index in [2.05, 4.69) is 31.4 Å². The summed E-state index contributed by atoms with van der Waals surface area (Å²) < 4.78 is 5.30. The van der Waals surface area contributed by atoms with Gasteiger partial charge in [-0.2, -0.15) is 11.8 Å². The van der Waals surface area contributed by atoms with E-state index in [0.717, 1.165) is 25.8 Å². The molecule has 0 atom stereocenters. The molecule has 0 aliphatic heterocycles. The van der Waals surface area contributed by atoms with Gasteiger partial charge < -0.3 is 15.4 Å². The third-order valence-electron chi connectivity index (χ3n) is 3.49. The van der Waals surface area contributed by atoms with Crippen LogP contribution in [0, 0.1) is 0 Å². The quantitative estimate of drug-likeness (QED) is 0.602. The van der Waals surface area contributed by atoms with E-state index in [0.29, 0.717) is 6.54 Å². The molecule has 0 rings (SSSR count). The molecule has 0 aliphatic rings. The molecular weight excluding hydrogens is 284 g/mol. The normalized spacial score (nSPS) is 12.3. The smallest absolute Gasteiger partial charge is 0.407 e. The lowest BCUT2D eigenvalue weighted by Gasteiger charge is -2.34. The topological polar surface area (TPSA) is 50.4 Å². The minimum absolute atomic E-state index is 0.0339. The Balaban J connectivity index is 4.23. The van der Waals surface area contributed by atoms with Crippen molar-refractivity contribution in [1.82, 2.24) is 10.6 Å². The lowest BCUT2D eigenvalue weighted by Crippen LogP contribution is -2.53. The Morgan fingerprint density at radius 3 is 2.24 bits per heavy atom. The summed E-state index contributed by atoms with van der Waals surface area (Å²) >= 11 is 1.97. The Bertz CT molecular complexity index is 286. The van der Waals surface area contributed by atoms with Crippen molar-refractivity contribution in [1.29, 1.82) is 0 Å². The highest BCUT2D eigenvalue weighted by atomic mass is 32.2. The van der Waals surface area contributed by atoms with E-state index in [1.807, 2.05) is 32.5 Å². The first kappa shape index (κ1) is 20.6. The fourth-order valence-corrected chi connectivity index (χ4v) is 2.68. The first-order valence-corrected chi connectivity index (χ1v) is 9.23. The summed E-state index contributed by atoms with van der Waals surface area (Å²) in [6, 6.07) is 0. The van der Waals surface area contributed by atoms with Crippen LogP contribution >= 0.6 is 11.8 Å². The second-order valence-electron chi connectivity index (χ2n) is 6.32. The zero-order valence-electron chi connectivity index (χ0n) is 14.7. The van der Waals surface area contributed by atoms with Crippen LogP contribution in [0.3, 0.4) is 0 Å². The minimum atomic E-state index is -0.448. The summed E-state index contributed by atoms with van der Waals surface area (Å²) in [5, 5.41) is 6.53. The molecule has 5 heteroatoms. The summed E-state index contributed by atoms with van der Waals surface area (Å²) in [5.74, 6) is 2.36. The molecule has 0 aromatic heterocycles. The Morgan fingerprint density at radius 1 is 1.14 bits per heavy atom. The third-order valence-corrected chi connectivity index (χ3v) is 4.48. The van der Waals surface area contributed by atoms with Crippen LogP contribution in [-0.2, 0) is 4.74 Å². The van der Waals surface area contributed by atoms with Gasteiger partial charge in [0.1, 0.15) is 5.60 Å². The van der Waals surface area contributed by atoms with Gasteiger partial charge in [-0.15, -0.1) is 0 Å². The van der Waals surface area contributed by atoms with Crippen LogP contribution in [0.5, 0.6) is 0 Å². The molecule has 0 spiro atoms. The van der Waals surface area contributed by atoms with Gasteiger partial charge in [-0.1, -0.05) is 20.8 Å². The maximum atomic E-state index is 11.8. The number of thioether (sulfide) groups is 1. The minimum Gasteiger partial charge on any atom is -0.444 e. The zero-order chi connectivity index (χ0) is 16.4. The molecule has 0 saturated heterocycles. The molecule has 0 unspecified atom stereocenters. The van der Waals surface area contributed by atoms with Crippen molar-refractivity contribution in [2.75, 3.05) is 24.6 Å². The van der Waals surface area contributed by atoms with Crippen molar-refractivity contribution in [3.63, 3.8) is 0 Å². The molecule has 4 nitrogen and oxygen atoms in total. The summed E-state index contributed by atoms with van der Waals surface area (Å²) in [5.41, 5.74) is -0.482. The molecule has 0 heterocycles. The molecule has 0 saturated carbocycles.